The second-order valence-electron chi connectivity index (χ2n) is 4.41. The Labute approximate surface area is 114 Å². The van der Waals surface area contributed by atoms with Crippen LogP contribution in [0.2, 0.25) is 0 Å². The minimum absolute atomic E-state index is 0.0770. The lowest BCUT2D eigenvalue weighted by Gasteiger charge is -2.29. The van der Waals surface area contributed by atoms with E-state index in [0.717, 1.165) is 5.76 Å². The second-order valence-corrected chi connectivity index (χ2v) is 5.19. The fourth-order valence-electron chi connectivity index (χ4n) is 2.02. The lowest BCUT2D eigenvalue weighted by molar-refractivity contribution is -0.148. The Bertz CT molecular complexity index is 472. The largest absolute Gasteiger partial charge is 0.453 e. The van der Waals surface area contributed by atoms with Gasteiger partial charge in [-0.15, -0.1) is 0 Å². The Hall–Kier alpha value is -1.14. The number of nitrogens with zero attached hydrogens (tertiary/aromatic N) is 1. The molecule has 5 nitrogen and oxygen atoms in total. The summed E-state index contributed by atoms with van der Waals surface area (Å²) in [6.07, 6.45) is 0.933. The number of halogens is 1. The molecule has 98 valence electrons. The summed E-state index contributed by atoms with van der Waals surface area (Å²) in [4.78, 5) is 24.5. The molecule has 2 amide bonds. The molecule has 2 atom stereocenters. The van der Waals surface area contributed by atoms with Crippen LogP contribution in [0.1, 0.15) is 31.6 Å². The molecule has 18 heavy (non-hydrogen) atoms. The van der Waals surface area contributed by atoms with E-state index in [2.05, 4.69) is 21.2 Å². The number of imide groups is 1. The zero-order valence-electron chi connectivity index (χ0n) is 10.3. The highest BCUT2D eigenvalue weighted by Crippen LogP contribution is 2.22. The number of furan rings is 1. The summed E-state index contributed by atoms with van der Waals surface area (Å²) in [5, 5.41) is 3.19. The molecule has 0 spiro atoms. The number of carbonyl (C=O) groups is 2. The number of likely N-dealkylation sites (N-methyl/N-ethyl adjacent to an activating group) is 1. The van der Waals surface area contributed by atoms with Gasteiger partial charge in [0.05, 0.1) is 12.1 Å². The van der Waals surface area contributed by atoms with Gasteiger partial charge in [-0.25, -0.2) is 0 Å². The standard InChI is InChI=1S/C12H15BrN2O3/c1-7(9-4-5-10(13)18-9)14-8-3-6-11(16)15(2)12(8)17/h4-5,7-8,14H,3,6H2,1-2H3. The van der Waals surface area contributed by atoms with Crippen LogP contribution >= 0.6 is 15.9 Å². The van der Waals surface area contributed by atoms with Crippen LogP contribution in [-0.2, 0) is 9.59 Å². The van der Waals surface area contributed by atoms with Crippen molar-refractivity contribution < 1.29 is 14.0 Å². The number of nitrogens with one attached hydrogen (secondary N) is 1. The van der Waals surface area contributed by atoms with Crippen LogP contribution in [0.15, 0.2) is 21.2 Å². The second kappa shape index (κ2) is 5.24. The third-order valence-corrected chi connectivity index (χ3v) is 3.55. The summed E-state index contributed by atoms with van der Waals surface area (Å²) >= 11 is 3.24. The van der Waals surface area contributed by atoms with Crippen LogP contribution in [0, 0.1) is 0 Å². The lowest BCUT2D eigenvalue weighted by atomic mass is 10.0. The molecule has 0 aromatic carbocycles. The topological polar surface area (TPSA) is 62.6 Å². The Morgan fingerprint density at radius 1 is 1.50 bits per heavy atom. The average molecular weight is 315 g/mol. The maximum absolute atomic E-state index is 11.9. The van der Waals surface area contributed by atoms with E-state index >= 15 is 0 Å². The van der Waals surface area contributed by atoms with Crippen LogP contribution in [0.25, 0.3) is 0 Å². The van der Waals surface area contributed by atoms with Gasteiger partial charge in [-0.3, -0.25) is 19.8 Å². The van der Waals surface area contributed by atoms with E-state index in [9.17, 15) is 9.59 Å². The van der Waals surface area contributed by atoms with Gasteiger partial charge in [0.1, 0.15) is 5.76 Å². The van der Waals surface area contributed by atoms with E-state index in [4.69, 9.17) is 4.42 Å². The highest BCUT2D eigenvalue weighted by molar-refractivity contribution is 9.10. The predicted octanol–water partition coefficient (Wildman–Crippen LogP) is 1.84. The summed E-state index contributed by atoms with van der Waals surface area (Å²) < 4.78 is 6.09. The summed E-state index contributed by atoms with van der Waals surface area (Å²) in [6, 6.07) is 3.26. The van der Waals surface area contributed by atoms with Gasteiger partial charge in [0.2, 0.25) is 11.8 Å². The lowest BCUT2D eigenvalue weighted by Crippen LogP contribution is -2.51. The maximum atomic E-state index is 11.9. The van der Waals surface area contributed by atoms with Crippen molar-refractivity contribution in [3.63, 3.8) is 0 Å². The van der Waals surface area contributed by atoms with Gasteiger partial charge >= 0.3 is 0 Å². The van der Waals surface area contributed by atoms with E-state index < -0.39 is 0 Å². The van der Waals surface area contributed by atoms with Crippen LogP contribution in [0.3, 0.4) is 0 Å². The first-order valence-electron chi connectivity index (χ1n) is 5.80. The molecule has 1 fully saturated rings. The minimum atomic E-state index is -0.327. The Kier molecular flexibility index (Phi) is 3.87. The maximum Gasteiger partial charge on any atom is 0.246 e. The van der Waals surface area contributed by atoms with Gasteiger partial charge in [-0.2, -0.15) is 0 Å². The molecule has 1 aliphatic rings. The Morgan fingerprint density at radius 3 is 2.83 bits per heavy atom. The number of carbonyl (C=O) groups excluding carboxylic acids is 2. The molecular weight excluding hydrogens is 300 g/mol. The number of likely N-dealkylation sites (tertiary alicyclic amines) is 1. The SMILES string of the molecule is CC(NC1CCC(=O)N(C)C1=O)c1ccc(Br)o1. The van der Waals surface area contributed by atoms with E-state index in [1.54, 1.807) is 0 Å². The summed E-state index contributed by atoms with van der Waals surface area (Å²) in [5.74, 6) is 0.462. The van der Waals surface area contributed by atoms with Crippen LogP contribution in [0.5, 0.6) is 0 Å². The Morgan fingerprint density at radius 2 is 2.22 bits per heavy atom. The van der Waals surface area contributed by atoms with Crippen LogP contribution < -0.4 is 5.32 Å². The molecule has 1 aliphatic heterocycles. The summed E-state index contributed by atoms with van der Waals surface area (Å²) in [7, 11) is 1.52. The minimum Gasteiger partial charge on any atom is -0.453 e. The van der Waals surface area contributed by atoms with Gasteiger partial charge in [-0.05, 0) is 41.4 Å². The normalized spacial score (nSPS) is 22.4. The van der Waals surface area contributed by atoms with Crippen molar-refractivity contribution in [2.45, 2.75) is 31.8 Å². The molecule has 0 radical (unpaired) electrons. The molecular formula is C12H15BrN2O3. The van der Waals surface area contributed by atoms with Crippen molar-refractivity contribution in [3.8, 4) is 0 Å². The monoisotopic (exact) mass is 314 g/mol. The fourth-order valence-corrected chi connectivity index (χ4v) is 2.33. The van der Waals surface area contributed by atoms with E-state index in [0.29, 0.717) is 17.5 Å². The molecule has 0 saturated carbocycles. The van der Waals surface area contributed by atoms with Gasteiger partial charge in [0.15, 0.2) is 4.67 Å². The molecule has 1 aromatic rings. The van der Waals surface area contributed by atoms with Crippen molar-refractivity contribution in [3.05, 3.63) is 22.6 Å². The molecule has 0 aliphatic carbocycles. The van der Waals surface area contributed by atoms with Gasteiger partial charge in [0.25, 0.3) is 0 Å². The number of hydrogen-bond acceptors (Lipinski definition) is 4. The smallest absolute Gasteiger partial charge is 0.246 e. The predicted molar refractivity (Wildman–Crippen MR) is 68.8 cm³/mol. The summed E-state index contributed by atoms with van der Waals surface area (Å²) in [6.45, 7) is 1.93. The van der Waals surface area contributed by atoms with Crippen molar-refractivity contribution in [1.29, 1.82) is 0 Å². The first-order valence-corrected chi connectivity index (χ1v) is 6.60. The van der Waals surface area contributed by atoms with E-state index in [1.807, 2.05) is 19.1 Å². The third-order valence-electron chi connectivity index (χ3n) is 3.12. The van der Waals surface area contributed by atoms with Gasteiger partial charge < -0.3 is 4.42 Å². The first kappa shape index (κ1) is 13.3. The molecule has 0 bridgehead atoms. The van der Waals surface area contributed by atoms with Crippen LogP contribution in [0.4, 0.5) is 0 Å². The van der Waals surface area contributed by atoms with Crippen molar-refractivity contribution in [2.75, 3.05) is 7.05 Å². The van der Waals surface area contributed by atoms with Crippen molar-refractivity contribution >= 4 is 27.7 Å². The third kappa shape index (κ3) is 2.64. The Balaban J connectivity index is 2.01. The fraction of sp³-hybridized carbons (Fsp3) is 0.500. The molecule has 2 heterocycles. The molecule has 6 heteroatoms. The number of amides is 2. The van der Waals surface area contributed by atoms with Gasteiger partial charge in [0, 0.05) is 13.5 Å². The van der Waals surface area contributed by atoms with Gasteiger partial charge in [-0.1, -0.05) is 0 Å². The molecule has 2 unspecified atom stereocenters. The van der Waals surface area contributed by atoms with Crippen molar-refractivity contribution in [2.24, 2.45) is 0 Å². The highest BCUT2D eigenvalue weighted by atomic mass is 79.9. The number of rotatable bonds is 3. The highest BCUT2D eigenvalue weighted by Gasteiger charge is 2.32. The number of hydrogen-bond donors (Lipinski definition) is 1. The zero-order valence-corrected chi connectivity index (χ0v) is 11.9. The molecule has 1 N–H and O–H groups in total. The van der Waals surface area contributed by atoms with Crippen molar-refractivity contribution in [1.82, 2.24) is 10.2 Å². The number of piperidine rings is 1. The summed E-state index contributed by atoms with van der Waals surface area (Å²) in [5.41, 5.74) is 0. The molecule has 2 rings (SSSR count). The van der Waals surface area contributed by atoms with E-state index in [1.165, 1.54) is 11.9 Å². The quantitative estimate of drug-likeness (QED) is 0.865. The average Bonchev–Trinajstić information content (AvgIpc) is 2.77. The zero-order chi connectivity index (χ0) is 13.3. The van der Waals surface area contributed by atoms with Crippen LogP contribution in [-0.4, -0.2) is 29.8 Å². The molecule has 1 aromatic heterocycles. The molecule has 1 saturated heterocycles. The first-order chi connectivity index (χ1) is 8.49. The van der Waals surface area contributed by atoms with E-state index in [-0.39, 0.29) is 23.9 Å².